The third kappa shape index (κ3) is 3.93. The Labute approximate surface area is 149 Å². The summed E-state index contributed by atoms with van der Waals surface area (Å²) in [6, 6.07) is 9.81. The Balaban J connectivity index is 1.73. The van der Waals surface area contributed by atoms with E-state index in [1.165, 1.54) is 23.9 Å². The van der Waals surface area contributed by atoms with Gasteiger partial charge in [0.2, 0.25) is 5.89 Å². The summed E-state index contributed by atoms with van der Waals surface area (Å²) < 4.78 is 29.3. The quantitative estimate of drug-likeness (QED) is 0.604. The first kappa shape index (κ1) is 17.3. The van der Waals surface area contributed by atoms with E-state index in [0.717, 1.165) is 11.1 Å². The molecule has 5 nitrogen and oxygen atoms in total. The van der Waals surface area contributed by atoms with E-state index in [0.29, 0.717) is 33.9 Å². The molecular weight excluding hydrogens is 343 g/mol. The summed E-state index contributed by atoms with van der Waals surface area (Å²) in [6.07, 6.45) is 0. The van der Waals surface area contributed by atoms with E-state index < -0.39 is 0 Å². The van der Waals surface area contributed by atoms with E-state index >= 15 is 0 Å². The molecule has 0 amide bonds. The van der Waals surface area contributed by atoms with Crippen LogP contribution in [0.4, 0.5) is 4.39 Å². The van der Waals surface area contributed by atoms with Crippen molar-refractivity contribution in [3.8, 4) is 23.0 Å². The van der Waals surface area contributed by atoms with Crippen LogP contribution in [0.25, 0.3) is 11.5 Å². The molecule has 1 aromatic heterocycles. The fourth-order valence-corrected chi connectivity index (χ4v) is 3.12. The predicted octanol–water partition coefficient (Wildman–Crippen LogP) is 4.49. The first-order valence-corrected chi connectivity index (χ1v) is 8.53. The number of benzene rings is 2. The fourth-order valence-electron chi connectivity index (χ4n) is 2.29. The second-order valence-corrected chi connectivity index (χ2v) is 6.23. The first-order valence-electron chi connectivity index (χ1n) is 7.54. The van der Waals surface area contributed by atoms with Crippen molar-refractivity contribution >= 4 is 11.8 Å². The lowest BCUT2D eigenvalue weighted by molar-refractivity contribution is 0.354. The van der Waals surface area contributed by atoms with Gasteiger partial charge < -0.3 is 13.9 Å². The zero-order valence-electron chi connectivity index (χ0n) is 14.1. The minimum Gasteiger partial charge on any atom is -0.493 e. The number of hydrogen-bond acceptors (Lipinski definition) is 6. The maximum atomic E-state index is 13.0. The molecule has 130 valence electrons. The van der Waals surface area contributed by atoms with Crippen molar-refractivity contribution < 1.29 is 18.3 Å². The number of aromatic nitrogens is 2. The number of nitrogens with zero attached hydrogens (tertiary/aromatic N) is 2. The molecular formula is C18H17FN2O3S. The van der Waals surface area contributed by atoms with Gasteiger partial charge in [0.15, 0.2) is 11.5 Å². The highest BCUT2D eigenvalue weighted by Gasteiger charge is 2.12. The zero-order chi connectivity index (χ0) is 17.8. The van der Waals surface area contributed by atoms with Gasteiger partial charge in [0, 0.05) is 11.3 Å². The van der Waals surface area contributed by atoms with Gasteiger partial charge in [-0.3, -0.25) is 0 Å². The molecule has 0 spiro atoms. The van der Waals surface area contributed by atoms with Crippen LogP contribution < -0.4 is 9.47 Å². The third-order valence-corrected chi connectivity index (χ3v) is 4.56. The molecule has 0 saturated carbocycles. The van der Waals surface area contributed by atoms with E-state index in [2.05, 4.69) is 10.2 Å². The van der Waals surface area contributed by atoms with E-state index in [1.54, 1.807) is 26.4 Å². The van der Waals surface area contributed by atoms with Gasteiger partial charge in [-0.1, -0.05) is 11.8 Å². The van der Waals surface area contributed by atoms with Crippen LogP contribution in [0.15, 0.2) is 46.0 Å². The number of aryl methyl sites for hydroxylation is 1. The topological polar surface area (TPSA) is 57.4 Å². The molecule has 0 aliphatic carbocycles. The van der Waals surface area contributed by atoms with Crippen LogP contribution in [0, 0.1) is 12.7 Å². The molecule has 0 unspecified atom stereocenters. The lowest BCUT2D eigenvalue weighted by atomic mass is 10.1. The molecule has 7 heteroatoms. The highest BCUT2D eigenvalue weighted by molar-refractivity contribution is 7.98. The maximum absolute atomic E-state index is 13.0. The molecule has 0 aliphatic rings. The minimum atomic E-state index is -0.304. The summed E-state index contributed by atoms with van der Waals surface area (Å²) in [6.45, 7) is 2.01. The number of rotatable bonds is 6. The second-order valence-electron chi connectivity index (χ2n) is 5.30. The molecule has 25 heavy (non-hydrogen) atoms. The van der Waals surface area contributed by atoms with Crippen molar-refractivity contribution in [2.75, 3.05) is 14.2 Å². The van der Waals surface area contributed by atoms with Crippen LogP contribution in [0.5, 0.6) is 11.5 Å². The molecule has 0 N–H and O–H groups in total. The Kier molecular flexibility index (Phi) is 5.23. The molecule has 0 atom stereocenters. The zero-order valence-corrected chi connectivity index (χ0v) is 14.9. The maximum Gasteiger partial charge on any atom is 0.277 e. The number of halogens is 1. The average Bonchev–Trinajstić information content (AvgIpc) is 3.10. The van der Waals surface area contributed by atoms with Crippen LogP contribution in [0.3, 0.4) is 0 Å². The highest BCUT2D eigenvalue weighted by atomic mass is 32.2. The number of hydrogen-bond donors (Lipinski definition) is 0. The van der Waals surface area contributed by atoms with Crippen molar-refractivity contribution in [3.05, 3.63) is 53.3 Å². The van der Waals surface area contributed by atoms with E-state index in [9.17, 15) is 4.39 Å². The highest BCUT2D eigenvalue weighted by Crippen LogP contribution is 2.33. The minimum absolute atomic E-state index is 0.304. The van der Waals surface area contributed by atoms with E-state index in [-0.39, 0.29) is 5.82 Å². The summed E-state index contributed by atoms with van der Waals surface area (Å²) in [5.41, 5.74) is 2.86. The Bertz CT molecular complexity index is 865. The SMILES string of the molecule is COc1cc(C)c(CSc2nnc(-c3ccc(F)cc3)o2)cc1OC. The largest absolute Gasteiger partial charge is 0.493 e. The number of ether oxygens (including phenoxy) is 2. The van der Waals surface area contributed by atoms with Crippen molar-refractivity contribution in [1.29, 1.82) is 0 Å². The van der Waals surface area contributed by atoms with Gasteiger partial charge in [0.05, 0.1) is 14.2 Å². The summed E-state index contributed by atoms with van der Waals surface area (Å²) in [7, 11) is 3.22. The van der Waals surface area contributed by atoms with E-state index in [4.69, 9.17) is 13.9 Å². The third-order valence-electron chi connectivity index (χ3n) is 3.69. The molecule has 3 aromatic rings. The van der Waals surface area contributed by atoms with Crippen LogP contribution in [0.2, 0.25) is 0 Å². The molecule has 1 heterocycles. The monoisotopic (exact) mass is 360 g/mol. The molecule has 0 fully saturated rings. The lowest BCUT2D eigenvalue weighted by Crippen LogP contribution is -1.95. The van der Waals surface area contributed by atoms with Crippen molar-refractivity contribution in [3.63, 3.8) is 0 Å². The second kappa shape index (κ2) is 7.57. The van der Waals surface area contributed by atoms with Gasteiger partial charge in [-0.15, -0.1) is 10.2 Å². The summed E-state index contributed by atoms with van der Waals surface area (Å²) in [4.78, 5) is 0. The van der Waals surface area contributed by atoms with Gasteiger partial charge >= 0.3 is 0 Å². The average molecular weight is 360 g/mol. The Morgan fingerprint density at radius 2 is 1.72 bits per heavy atom. The smallest absolute Gasteiger partial charge is 0.277 e. The molecule has 2 aromatic carbocycles. The summed E-state index contributed by atoms with van der Waals surface area (Å²) >= 11 is 1.43. The normalized spacial score (nSPS) is 10.7. The van der Waals surface area contributed by atoms with Gasteiger partial charge in [0.25, 0.3) is 5.22 Å². The first-order chi connectivity index (χ1) is 12.1. The summed E-state index contributed by atoms with van der Waals surface area (Å²) in [5, 5.41) is 8.49. The van der Waals surface area contributed by atoms with E-state index in [1.807, 2.05) is 19.1 Å². The van der Waals surface area contributed by atoms with Gasteiger partial charge in [-0.05, 0) is 54.4 Å². The van der Waals surface area contributed by atoms with Crippen LogP contribution in [-0.2, 0) is 5.75 Å². The molecule has 0 bridgehead atoms. The van der Waals surface area contributed by atoms with Gasteiger partial charge in [-0.25, -0.2) is 4.39 Å². The Morgan fingerprint density at radius 1 is 1.04 bits per heavy atom. The predicted molar refractivity (Wildman–Crippen MR) is 93.5 cm³/mol. The number of methoxy groups -OCH3 is 2. The molecule has 3 rings (SSSR count). The van der Waals surface area contributed by atoms with Gasteiger partial charge in [-0.2, -0.15) is 0 Å². The molecule has 0 saturated heterocycles. The van der Waals surface area contributed by atoms with Crippen LogP contribution in [0.1, 0.15) is 11.1 Å². The lowest BCUT2D eigenvalue weighted by Gasteiger charge is -2.11. The standard InChI is InChI=1S/C18H17FN2O3S/c1-11-8-15(22-2)16(23-3)9-13(11)10-25-18-21-20-17(24-18)12-4-6-14(19)7-5-12/h4-9H,10H2,1-3H3. The van der Waals surface area contributed by atoms with Crippen LogP contribution in [-0.4, -0.2) is 24.4 Å². The van der Waals surface area contributed by atoms with Crippen molar-refractivity contribution in [2.24, 2.45) is 0 Å². The molecule has 0 radical (unpaired) electrons. The van der Waals surface area contributed by atoms with Crippen molar-refractivity contribution in [2.45, 2.75) is 17.9 Å². The van der Waals surface area contributed by atoms with Crippen LogP contribution >= 0.6 is 11.8 Å². The Morgan fingerprint density at radius 3 is 2.40 bits per heavy atom. The summed E-state index contributed by atoms with van der Waals surface area (Å²) in [5.74, 6) is 2.09. The molecule has 0 aliphatic heterocycles. The van der Waals surface area contributed by atoms with Crippen molar-refractivity contribution in [1.82, 2.24) is 10.2 Å². The fraction of sp³-hybridized carbons (Fsp3) is 0.222. The number of thioether (sulfide) groups is 1. The van der Waals surface area contributed by atoms with Gasteiger partial charge in [0.1, 0.15) is 5.82 Å². The Hall–Kier alpha value is -2.54.